The van der Waals surface area contributed by atoms with E-state index >= 15 is 0 Å². The van der Waals surface area contributed by atoms with Gasteiger partial charge in [-0.3, -0.25) is 14.4 Å². The fraction of sp³-hybridized carbons (Fsp3) is 0.600. The van der Waals surface area contributed by atoms with Gasteiger partial charge in [0, 0.05) is 36.9 Å². The standard InChI is InChI=1S/C35H45N3O4/c1-2-27(39)10-6-3-7-11-29-34-36-23-31(42-34)26-12-14-30-25(21-26)13-15-32(40)38(30)20-8-4-5-9-24-16-18-35(19-17-24)22-28(35)33(41)37-29/h12-15,21,23-24,28-29H,2-11,16-20,22H2,1H3,(H,37,41)/t24?,28-,29+,35?/m1/s1. The molecule has 42 heavy (non-hydrogen) atoms. The summed E-state index contributed by atoms with van der Waals surface area (Å²) < 4.78 is 8.23. The number of nitrogens with one attached hydrogen (secondary N) is 1. The molecule has 2 fully saturated rings. The van der Waals surface area contributed by atoms with E-state index < -0.39 is 0 Å². The number of pyridine rings is 1. The Morgan fingerprint density at radius 3 is 2.74 bits per heavy atom. The largest absolute Gasteiger partial charge is 0.438 e. The molecule has 1 spiro atoms. The Balaban J connectivity index is 1.26. The monoisotopic (exact) mass is 571 g/mol. The number of unbranched alkanes of at least 4 members (excludes halogenated alkanes) is 2. The van der Waals surface area contributed by atoms with Gasteiger partial charge in [0.2, 0.25) is 11.8 Å². The molecule has 7 nitrogen and oxygen atoms in total. The maximum absolute atomic E-state index is 13.6. The number of rotatable bonds is 7. The summed E-state index contributed by atoms with van der Waals surface area (Å²) in [5.74, 6) is 2.50. The summed E-state index contributed by atoms with van der Waals surface area (Å²) in [6.45, 7) is 2.65. The van der Waals surface area contributed by atoms with Crippen LogP contribution >= 0.6 is 0 Å². The van der Waals surface area contributed by atoms with Crippen LogP contribution in [-0.4, -0.2) is 21.2 Å². The van der Waals surface area contributed by atoms with Crippen LogP contribution in [0.25, 0.3) is 22.2 Å². The number of hydrogen-bond acceptors (Lipinski definition) is 5. The molecule has 1 aromatic carbocycles. The molecule has 2 saturated carbocycles. The minimum atomic E-state index is -0.290. The average Bonchev–Trinajstić information content (AvgIpc) is 3.47. The number of carbonyl (C=O) groups excluding carboxylic acids is 2. The number of aromatic nitrogens is 2. The lowest BCUT2D eigenvalue weighted by Crippen LogP contribution is -2.32. The third-order valence-electron chi connectivity index (χ3n) is 10.4. The smallest absolute Gasteiger partial charge is 0.251 e. The Morgan fingerprint density at radius 1 is 1.05 bits per heavy atom. The van der Waals surface area contributed by atoms with E-state index in [1.54, 1.807) is 12.3 Å². The first-order valence-corrected chi connectivity index (χ1v) is 16.4. The molecule has 1 N–H and O–H groups in total. The van der Waals surface area contributed by atoms with E-state index in [1.165, 1.54) is 25.7 Å². The van der Waals surface area contributed by atoms with E-state index in [-0.39, 0.29) is 28.8 Å². The summed E-state index contributed by atoms with van der Waals surface area (Å²) in [5, 5.41) is 4.34. The Morgan fingerprint density at radius 2 is 1.90 bits per heavy atom. The zero-order valence-electron chi connectivity index (χ0n) is 25.0. The molecule has 1 amide bonds. The number of oxazole rings is 1. The second-order valence-corrected chi connectivity index (χ2v) is 13.1. The molecule has 2 aliphatic carbocycles. The van der Waals surface area contributed by atoms with Crippen LogP contribution in [0.15, 0.2) is 45.7 Å². The summed E-state index contributed by atoms with van der Waals surface area (Å²) in [6.07, 6.45) is 16.7. The van der Waals surface area contributed by atoms with Crippen molar-refractivity contribution in [3.63, 3.8) is 0 Å². The molecule has 3 aromatic rings. The van der Waals surface area contributed by atoms with E-state index in [9.17, 15) is 14.4 Å². The van der Waals surface area contributed by atoms with Crippen molar-refractivity contribution in [1.29, 1.82) is 0 Å². The predicted molar refractivity (Wildman–Crippen MR) is 164 cm³/mol. The highest BCUT2D eigenvalue weighted by molar-refractivity contribution is 5.84. The maximum Gasteiger partial charge on any atom is 0.251 e. The summed E-state index contributed by atoms with van der Waals surface area (Å²) in [4.78, 5) is 42.7. The van der Waals surface area contributed by atoms with Gasteiger partial charge >= 0.3 is 0 Å². The predicted octanol–water partition coefficient (Wildman–Crippen LogP) is 7.51. The van der Waals surface area contributed by atoms with Crippen molar-refractivity contribution >= 4 is 22.6 Å². The fourth-order valence-corrected chi connectivity index (χ4v) is 7.52. The van der Waals surface area contributed by atoms with Crippen molar-refractivity contribution < 1.29 is 14.0 Å². The van der Waals surface area contributed by atoms with Crippen molar-refractivity contribution in [3.05, 3.63) is 52.8 Å². The molecule has 2 aromatic heterocycles. The quantitative estimate of drug-likeness (QED) is 0.296. The first-order chi connectivity index (χ1) is 20.5. The van der Waals surface area contributed by atoms with Gasteiger partial charge in [-0.1, -0.05) is 39.0 Å². The highest BCUT2D eigenvalue weighted by Gasteiger charge is 2.58. The number of Topliss-reactive ketones (excluding diaryl/α,β-unsaturated/α-hetero) is 1. The van der Waals surface area contributed by atoms with Crippen LogP contribution in [0.3, 0.4) is 0 Å². The number of ketones is 1. The molecule has 224 valence electrons. The van der Waals surface area contributed by atoms with E-state index in [1.807, 2.05) is 29.7 Å². The molecule has 2 atom stereocenters. The number of amides is 1. The van der Waals surface area contributed by atoms with Crippen LogP contribution in [0.5, 0.6) is 0 Å². The lowest BCUT2D eigenvalue weighted by molar-refractivity contribution is -0.124. The maximum atomic E-state index is 13.6. The Labute approximate surface area is 248 Å². The Bertz CT molecular complexity index is 1480. The third-order valence-corrected chi connectivity index (χ3v) is 10.4. The molecule has 0 saturated heterocycles. The molecule has 0 unspecified atom stereocenters. The molecular formula is C35H45N3O4. The number of carbonyl (C=O) groups is 2. The molecule has 8 bridgehead atoms. The summed E-state index contributed by atoms with van der Waals surface area (Å²) in [5.41, 5.74) is 2.08. The van der Waals surface area contributed by atoms with Crippen molar-refractivity contribution in [2.24, 2.45) is 17.3 Å². The topological polar surface area (TPSA) is 94.2 Å². The molecule has 6 aliphatic rings. The van der Waals surface area contributed by atoms with E-state index in [0.29, 0.717) is 30.3 Å². The van der Waals surface area contributed by atoms with Gasteiger partial charge in [0.15, 0.2) is 5.76 Å². The van der Waals surface area contributed by atoms with E-state index in [2.05, 4.69) is 16.4 Å². The van der Waals surface area contributed by atoms with Crippen molar-refractivity contribution in [2.75, 3.05) is 0 Å². The van der Waals surface area contributed by atoms with Gasteiger partial charge in [0.1, 0.15) is 11.8 Å². The number of hydrogen-bond donors (Lipinski definition) is 1. The number of benzene rings is 1. The molecule has 0 radical (unpaired) electrons. The highest BCUT2D eigenvalue weighted by Crippen LogP contribution is 2.62. The second kappa shape index (κ2) is 12.6. The summed E-state index contributed by atoms with van der Waals surface area (Å²) in [7, 11) is 0. The minimum absolute atomic E-state index is 0.0461. The van der Waals surface area contributed by atoms with Crippen molar-refractivity contribution in [2.45, 2.75) is 116 Å². The van der Waals surface area contributed by atoms with Crippen LogP contribution in [0.1, 0.15) is 115 Å². The molecule has 7 heteroatoms. The summed E-state index contributed by atoms with van der Waals surface area (Å²) >= 11 is 0. The molecule has 9 rings (SSSR count). The van der Waals surface area contributed by atoms with Gasteiger partial charge in [-0.25, -0.2) is 4.98 Å². The van der Waals surface area contributed by atoms with Gasteiger partial charge in [-0.2, -0.15) is 0 Å². The SMILES string of the molecule is CCC(=O)CCCCC[C@@H]1NC(=O)[C@H]2CC23CCC(CCCCCn2c(=O)ccc4cc(ccc42)-c2cnc1o2)CC3. The zero-order chi connectivity index (χ0) is 29.1. The van der Waals surface area contributed by atoms with Gasteiger partial charge in [0.25, 0.3) is 5.56 Å². The summed E-state index contributed by atoms with van der Waals surface area (Å²) in [6, 6.07) is 9.33. The fourth-order valence-electron chi connectivity index (χ4n) is 7.52. The van der Waals surface area contributed by atoms with Gasteiger partial charge in [-0.15, -0.1) is 0 Å². The molecule has 6 heterocycles. The first kappa shape index (κ1) is 28.9. The van der Waals surface area contributed by atoms with Gasteiger partial charge in [0.05, 0.1) is 11.7 Å². The Kier molecular flexibility index (Phi) is 8.64. The van der Waals surface area contributed by atoms with Crippen molar-refractivity contribution in [3.8, 4) is 11.3 Å². The number of nitrogens with zero attached hydrogens (tertiary/aromatic N) is 2. The normalized spacial score (nSPS) is 26.1. The zero-order valence-corrected chi connectivity index (χ0v) is 25.0. The molecule has 4 aliphatic heterocycles. The van der Waals surface area contributed by atoms with Crippen LogP contribution in [0.4, 0.5) is 0 Å². The Hall–Kier alpha value is -3.22. The van der Waals surface area contributed by atoms with Crippen LogP contribution in [-0.2, 0) is 16.1 Å². The first-order valence-electron chi connectivity index (χ1n) is 16.4. The van der Waals surface area contributed by atoms with Crippen LogP contribution < -0.4 is 10.9 Å². The van der Waals surface area contributed by atoms with E-state index in [0.717, 1.165) is 86.7 Å². The second-order valence-electron chi connectivity index (χ2n) is 13.1. The minimum Gasteiger partial charge on any atom is -0.438 e. The van der Waals surface area contributed by atoms with Crippen molar-refractivity contribution in [1.82, 2.24) is 14.9 Å². The average molecular weight is 572 g/mol. The third kappa shape index (κ3) is 6.25. The van der Waals surface area contributed by atoms with Gasteiger partial charge in [-0.05, 0) is 92.4 Å². The van der Waals surface area contributed by atoms with Crippen LogP contribution in [0.2, 0.25) is 0 Å². The van der Waals surface area contributed by atoms with E-state index in [4.69, 9.17) is 4.42 Å². The number of aryl methyl sites for hydroxylation is 1. The van der Waals surface area contributed by atoms with Gasteiger partial charge < -0.3 is 14.3 Å². The van der Waals surface area contributed by atoms with Crippen LogP contribution in [0, 0.1) is 17.3 Å². The lowest BCUT2D eigenvalue weighted by atomic mass is 9.76. The highest BCUT2D eigenvalue weighted by atomic mass is 16.4. The lowest BCUT2D eigenvalue weighted by Gasteiger charge is -2.29. The molecular weight excluding hydrogens is 526 g/mol.